The number of carbonyl (C=O) groups excluding carboxylic acids is 4. The fourth-order valence-corrected chi connectivity index (χ4v) is 7.79. The first-order chi connectivity index (χ1) is 22.7. The molecule has 1 saturated carbocycles. The second kappa shape index (κ2) is 15.8. The van der Waals surface area contributed by atoms with Gasteiger partial charge in [0.15, 0.2) is 0 Å². The maximum absolute atomic E-state index is 15.8. The van der Waals surface area contributed by atoms with Crippen molar-refractivity contribution < 1.29 is 23.6 Å². The van der Waals surface area contributed by atoms with Crippen LogP contribution in [0.1, 0.15) is 70.3 Å². The standard InChI is InChI=1S/C36H46FN5O4S/c1-4-32(44)39-33(36(46)41-19-17-40(3)18-20-41)24(2)26-15-16-29(28(37)21-26)38-35(45)34(25-11-7-5-6-8-12-25)42(23-43)30-22-47-31-14-10-9-13-27(30)31/h9-10,13-16,21-25,33-34H,4-8,11-12,17-20H2,1-3H3,(H,38,45)(H,39,44)/t24-,33+,34-/m0/s1. The van der Waals surface area contributed by atoms with Crippen LogP contribution in [0.15, 0.2) is 47.8 Å². The molecule has 9 nitrogen and oxygen atoms in total. The van der Waals surface area contributed by atoms with Crippen molar-refractivity contribution in [3.63, 3.8) is 0 Å². The molecule has 4 amide bonds. The highest BCUT2D eigenvalue weighted by Crippen LogP contribution is 2.37. The summed E-state index contributed by atoms with van der Waals surface area (Å²) >= 11 is 1.52. The minimum atomic E-state index is -0.855. The number of benzene rings is 2. The highest BCUT2D eigenvalue weighted by molar-refractivity contribution is 7.17. The number of hydrogen-bond acceptors (Lipinski definition) is 6. The summed E-state index contributed by atoms with van der Waals surface area (Å²) in [6.07, 6.45) is 6.65. The van der Waals surface area contributed by atoms with Gasteiger partial charge >= 0.3 is 0 Å². The van der Waals surface area contributed by atoms with E-state index in [1.54, 1.807) is 24.8 Å². The predicted molar refractivity (Wildman–Crippen MR) is 185 cm³/mol. The Morgan fingerprint density at radius 1 is 1.04 bits per heavy atom. The van der Waals surface area contributed by atoms with E-state index in [1.165, 1.54) is 28.4 Å². The minimum absolute atomic E-state index is 0.00476. The summed E-state index contributed by atoms with van der Waals surface area (Å²) < 4.78 is 16.8. The third-order valence-electron chi connectivity index (χ3n) is 9.76. The SMILES string of the molecule is CCC(=O)N[C@@H](C(=O)N1CCN(C)CC1)[C@@H](C)c1ccc(NC(=O)[C@H](C2CCCCCC2)N(C=O)c2csc3ccccc23)c(F)c1. The number of rotatable bonds is 11. The van der Waals surface area contributed by atoms with Crippen LogP contribution in [-0.4, -0.2) is 79.2 Å². The summed E-state index contributed by atoms with van der Waals surface area (Å²) in [5.74, 6) is -2.12. The Labute approximate surface area is 280 Å². The monoisotopic (exact) mass is 663 g/mol. The van der Waals surface area contributed by atoms with Gasteiger partial charge in [-0.2, -0.15) is 0 Å². The van der Waals surface area contributed by atoms with Gasteiger partial charge in [-0.3, -0.25) is 19.2 Å². The summed E-state index contributed by atoms with van der Waals surface area (Å²) in [4.78, 5) is 58.3. The van der Waals surface area contributed by atoms with E-state index < -0.39 is 29.7 Å². The second-order valence-corrected chi connectivity index (χ2v) is 13.8. The zero-order chi connectivity index (χ0) is 33.5. The molecule has 1 aromatic heterocycles. The van der Waals surface area contributed by atoms with Crippen LogP contribution in [-0.2, 0) is 19.2 Å². The number of thiophene rings is 1. The second-order valence-electron chi connectivity index (χ2n) is 12.9. The van der Waals surface area contributed by atoms with E-state index in [0.717, 1.165) is 68.1 Å². The average molecular weight is 664 g/mol. The molecule has 0 bridgehead atoms. The summed E-state index contributed by atoms with van der Waals surface area (Å²) in [6, 6.07) is 10.7. The van der Waals surface area contributed by atoms with Gasteiger partial charge < -0.3 is 25.3 Å². The molecule has 0 spiro atoms. The predicted octanol–water partition coefficient (Wildman–Crippen LogP) is 5.75. The lowest BCUT2D eigenvalue weighted by Gasteiger charge is -2.36. The van der Waals surface area contributed by atoms with Gasteiger partial charge in [-0.05, 0) is 49.6 Å². The molecule has 1 aliphatic carbocycles. The lowest BCUT2D eigenvalue weighted by molar-refractivity contribution is -0.138. The van der Waals surface area contributed by atoms with Gasteiger partial charge in [0.2, 0.25) is 24.1 Å². The van der Waals surface area contributed by atoms with Crippen molar-refractivity contribution in [3.05, 3.63) is 59.2 Å². The molecule has 2 heterocycles. The molecule has 2 N–H and O–H groups in total. The molecule has 0 unspecified atom stereocenters. The number of nitrogens with zero attached hydrogens (tertiary/aromatic N) is 3. The van der Waals surface area contributed by atoms with Gasteiger partial charge in [-0.15, -0.1) is 11.3 Å². The Morgan fingerprint density at radius 3 is 2.40 bits per heavy atom. The molecule has 0 radical (unpaired) electrons. The van der Waals surface area contributed by atoms with E-state index in [0.29, 0.717) is 24.3 Å². The first-order valence-electron chi connectivity index (χ1n) is 16.8. The van der Waals surface area contributed by atoms with Crippen LogP contribution >= 0.6 is 11.3 Å². The van der Waals surface area contributed by atoms with Crippen LogP contribution in [0, 0.1) is 11.7 Å². The van der Waals surface area contributed by atoms with Gasteiger partial charge in [-0.1, -0.05) is 63.8 Å². The molecule has 252 valence electrons. The number of fused-ring (bicyclic) bond motifs is 1. The Bertz CT molecular complexity index is 1560. The van der Waals surface area contributed by atoms with Gasteiger partial charge in [0.05, 0.1) is 11.4 Å². The molecule has 2 fully saturated rings. The molecule has 1 aliphatic heterocycles. The molecule has 11 heteroatoms. The van der Waals surface area contributed by atoms with Gasteiger partial charge in [0.25, 0.3) is 0 Å². The van der Waals surface area contributed by atoms with E-state index in [-0.39, 0.29) is 29.8 Å². The van der Waals surface area contributed by atoms with Crippen LogP contribution in [0.5, 0.6) is 0 Å². The van der Waals surface area contributed by atoms with E-state index in [2.05, 4.69) is 15.5 Å². The number of halogens is 1. The largest absolute Gasteiger partial charge is 0.344 e. The van der Waals surface area contributed by atoms with Crippen LogP contribution < -0.4 is 15.5 Å². The molecule has 3 aromatic rings. The van der Waals surface area contributed by atoms with Crippen molar-refractivity contribution >= 4 is 56.9 Å². The minimum Gasteiger partial charge on any atom is -0.344 e. The number of piperazine rings is 1. The molecular weight excluding hydrogens is 617 g/mol. The van der Waals surface area contributed by atoms with Crippen molar-refractivity contribution in [2.75, 3.05) is 43.4 Å². The molecular formula is C36H46FN5O4S. The Hall–Kier alpha value is -3.83. The summed E-state index contributed by atoms with van der Waals surface area (Å²) in [5.41, 5.74) is 1.22. The van der Waals surface area contributed by atoms with Gasteiger partial charge in [0, 0.05) is 54.0 Å². The summed E-state index contributed by atoms with van der Waals surface area (Å²) in [7, 11) is 2.00. The molecule has 3 atom stereocenters. The Morgan fingerprint density at radius 2 is 1.74 bits per heavy atom. The lowest BCUT2D eigenvalue weighted by Crippen LogP contribution is -2.55. The number of likely N-dealkylation sites (N-methyl/N-ethyl adjacent to an activating group) is 1. The van der Waals surface area contributed by atoms with Crippen LogP contribution in [0.2, 0.25) is 0 Å². The van der Waals surface area contributed by atoms with E-state index in [1.807, 2.05) is 36.7 Å². The number of hydrogen-bond donors (Lipinski definition) is 2. The number of amides is 4. The highest BCUT2D eigenvalue weighted by Gasteiger charge is 2.37. The maximum atomic E-state index is 15.8. The normalized spacial score (nSPS) is 18.2. The van der Waals surface area contributed by atoms with Gasteiger partial charge in [0.1, 0.15) is 17.9 Å². The molecule has 2 aliphatic rings. The number of carbonyl (C=O) groups is 4. The molecule has 47 heavy (non-hydrogen) atoms. The maximum Gasteiger partial charge on any atom is 0.247 e. The highest BCUT2D eigenvalue weighted by atomic mass is 32.1. The summed E-state index contributed by atoms with van der Waals surface area (Å²) in [6.45, 7) is 6.12. The van der Waals surface area contributed by atoms with E-state index >= 15 is 4.39 Å². The zero-order valence-electron chi connectivity index (χ0n) is 27.5. The Kier molecular flexibility index (Phi) is 11.6. The topological polar surface area (TPSA) is 102 Å². The zero-order valence-corrected chi connectivity index (χ0v) is 28.4. The van der Waals surface area contributed by atoms with E-state index in [9.17, 15) is 19.2 Å². The van der Waals surface area contributed by atoms with Crippen LogP contribution in [0.25, 0.3) is 10.1 Å². The van der Waals surface area contributed by atoms with Crippen molar-refractivity contribution in [2.45, 2.75) is 76.8 Å². The van der Waals surface area contributed by atoms with Crippen molar-refractivity contribution in [1.82, 2.24) is 15.1 Å². The lowest BCUT2D eigenvalue weighted by atomic mass is 9.89. The number of anilines is 2. The quantitative estimate of drug-likeness (QED) is 0.201. The number of nitrogens with one attached hydrogen (secondary N) is 2. The first-order valence-corrected chi connectivity index (χ1v) is 17.7. The van der Waals surface area contributed by atoms with Crippen LogP contribution in [0.4, 0.5) is 15.8 Å². The van der Waals surface area contributed by atoms with E-state index in [4.69, 9.17) is 0 Å². The average Bonchev–Trinajstić information content (AvgIpc) is 3.32. The summed E-state index contributed by atoms with van der Waals surface area (Å²) in [5, 5.41) is 8.48. The van der Waals surface area contributed by atoms with Gasteiger partial charge in [-0.25, -0.2) is 4.39 Å². The van der Waals surface area contributed by atoms with Crippen molar-refractivity contribution in [2.24, 2.45) is 5.92 Å². The Balaban J connectivity index is 1.39. The smallest absolute Gasteiger partial charge is 0.247 e. The molecule has 5 rings (SSSR count). The fourth-order valence-electron chi connectivity index (χ4n) is 6.84. The first kappa shape index (κ1) is 34.5. The van der Waals surface area contributed by atoms with Crippen molar-refractivity contribution in [3.8, 4) is 0 Å². The van der Waals surface area contributed by atoms with Crippen molar-refractivity contribution in [1.29, 1.82) is 0 Å². The van der Waals surface area contributed by atoms with Crippen LogP contribution in [0.3, 0.4) is 0 Å². The molecule has 1 saturated heterocycles. The third kappa shape index (κ3) is 8.01. The third-order valence-corrected chi connectivity index (χ3v) is 10.7. The molecule has 2 aromatic carbocycles. The fraction of sp³-hybridized carbons (Fsp3) is 0.500.